The number of carbonyl (C=O) groups is 1. The van der Waals surface area contributed by atoms with E-state index >= 15 is 0 Å². The maximum Gasteiger partial charge on any atom is 1.00 e. The Morgan fingerprint density at radius 1 is 0.957 bits per heavy atom. The molecule has 0 spiro atoms. The molecule has 0 amide bonds. The molecule has 2 aliphatic carbocycles. The van der Waals surface area contributed by atoms with Crippen LogP contribution in [-0.4, -0.2) is 6.29 Å². The van der Waals surface area contributed by atoms with Gasteiger partial charge in [-0.3, -0.25) is 0 Å². The van der Waals surface area contributed by atoms with Crippen LogP contribution in [0.4, 0.5) is 0 Å². The first-order valence-corrected chi connectivity index (χ1v) is 9.12. The van der Waals surface area contributed by atoms with Crippen LogP contribution in [0.1, 0.15) is 74.0 Å². The number of benzene rings is 1. The molecule has 0 atom stereocenters. The quantitative estimate of drug-likeness (QED) is 0.579. The maximum atomic E-state index is 10.9. The monoisotopic (exact) mass is 382 g/mol. The van der Waals surface area contributed by atoms with E-state index in [0.717, 1.165) is 30.6 Å². The van der Waals surface area contributed by atoms with Gasteiger partial charge in [0.15, 0.2) is 0 Å². The number of aryl methyl sites for hydroxylation is 1. The molecule has 0 saturated heterocycles. The van der Waals surface area contributed by atoms with Crippen LogP contribution in [0.2, 0.25) is 0 Å². The molecule has 0 aliphatic heterocycles. The van der Waals surface area contributed by atoms with E-state index in [9.17, 15) is 4.79 Å². The fraction of sp³-hybridized carbons (Fsp3) is 0.667. The van der Waals surface area contributed by atoms with Crippen molar-refractivity contribution in [2.24, 2.45) is 17.8 Å². The van der Waals surface area contributed by atoms with Crippen molar-refractivity contribution in [2.45, 2.75) is 71.1 Å². The Morgan fingerprint density at radius 2 is 1.52 bits per heavy atom. The summed E-state index contributed by atoms with van der Waals surface area (Å²) in [5.74, 6) is 2.93. The molecular weight excluding hydrogens is 354 g/mol. The Morgan fingerprint density at radius 3 is 2.09 bits per heavy atom. The number of hydrogen-bond acceptors (Lipinski definition) is 1. The van der Waals surface area contributed by atoms with E-state index in [2.05, 4.69) is 32.0 Å². The van der Waals surface area contributed by atoms with E-state index in [-0.39, 0.29) is 58.2 Å². The predicted octanol–water partition coefficient (Wildman–Crippen LogP) is 2.39. The van der Waals surface area contributed by atoms with Gasteiger partial charge in [0.05, 0.1) is 0 Å². The van der Waals surface area contributed by atoms with Crippen molar-refractivity contribution >= 4 is 6.29 Å². The normalized spacial score (nSPS) is 31.2. The number of hydrogen-bond donors (Lipinski definition) is 0. The van der Waals surface area contributed by atoms with Crippen LogP contribution in [0.5, 0.6) is 0 Å². The Labute approximate surface area is 190 Å². The fourth-order valence-corrected chi connectivity index (χ4v) is 4.80. The van der Waals surface area contributed by atoms with Crippen LogP contribution in [-0.2, 0) is 4.79 Å². The maximum absolute atomic E-state index is 10.9. The topological polar surface area (TPSA) is 17.1 Å². The van der Waals surface area contributed by atoms with E-state index in [1.54, 1.807) is 5.56 Å². The average molecular weight is 383 g/mol. The SMILES string of the molecule is Cc1[c-]ccc(C2CCC(C3CCC(C=O)CC3)CC2)c1C.[Rb+]. The van der Waals surface area contributed by atoms with E-state index in [4.69, 9.17) is 0 Å². The summed E-state index contributed by atoms with van der Waals surface area (Å²) in [6.07, 6.45) is 11.5. The van der Waals surface area contributed by atoms with Gasteiger partial charge in [-0.05, 0) is 69.1 Å². The molecule has 120 valence electrons. The third-order valence-corrected chi connectivity index (χ3v) is 6.45. The van der Waals surface area contributed by atoms with Crippen molar-refractivity contribution in [2.75, 3.05) is 0 Å². The van der Waals surface area contributed by atoms with E-state index in [1.165, 1.54) is 55.9 Å². The first-order valence-electron chi connectivity index (χ1n) is 9.12. The molecule has 1 aromatic rings. The Hall–Kier alpha value is 0.695. The van der Waals surface area contributed by atoms with Crippen LogP contribution >= 0.6 is 0 Å². The van der Waals surface area contributed by atoms with Gasteiger partial charge in [0.2, 0.25) is 0 Å². The summed E-state index contributed by atoms with van der Waals surface area (Å²) in [5, 5.41) is 0. The van der Waals surface area contributed by atoms with Gasteiger partial charge in [-0.15, -0.1) is 0 Å². The van der Waals surface area contributed by atoms with Crippen LogP contribution in [0.25, 0.3) is 0 Å². The number of carbonyl (C=O) groups excluding carboxylic acids is 1. The van der Waals surface area contributed by atoms with E-state index in [0.29, 0.717) is 5.92 Å². The van der Waals surface area contributed by atoms with Crippen molar-refractivity contribution in [3.8, 4) is 0 Å². The number of aldehydes is 1. The first kappa shape index (κ1) is 20.0. The van der Waals surface area contributed by atoms with Gasteiger partial charge in [0.25, 0.3) is 0 Å². The molecule has 23 heavy (non-hydrogen) atoms. The van der Waals surface area contributed by atoms with E-state index in [1.807, 2.05) is 0 Å². The minimum Gasteiger partial charge on any atom is -0.303 e. The molecule has 2 saturated carbocycles. The Balaban J connectivity index is 0.00000192. The van der Waals surface area contributed by atoms with Gasteiger partial charge < -0.3 is 4.79 Å². The predicted molar refractivity (Wildman–Crippen MR) is 91.0 cm³/mol. The molecule has 2 aliphatic rings. The molecule has 3 rings (SSSR count). The zero-order valence-electron chi connectivity index (χ0n) is 15.1. The zero-order chi connectivity index (χ0) is 15.5. The Kier molecular flexibility index (Phi) is 8.19. The second kappa shape index (κ2) is 9.41. The molecule has 1 nitrogen and oxygen atoms in total. The smallest absolute Gasteiger partial charge is 0.303 e. The fourth-order valence-electron chi connectivity index (χ4n) is 4.80. The minimum absolute atomic E-state index is 0. The summed E-state index contributed by atoms with van der Waals surface area (Å²) < 4.78 is 0. The average Bonchev–Trinajstić information content (AvgIpc) is 2.58. The van der Waals surface area contributed by atoms with Crippen LogP contribution in [0.15, 0.2) is 12.1 Å². The van der Waals surface area contributed by atoms with Crippen molar-refractivity contribution in [3.63, 3.8) is 0 Å². The van der Waals surface area contributed by atoms with Gasteiger partial charge in [0.1, 0.15) is 6.29 Å². The summed E-state index contributed by atoms with van der Waals surface area (Å²) in [5.41, 5.74) is 4.34. The van der Waals surface area contributed by atoms with Crippen LogP contribution in [0.3, 0.4) is 0 Å². The van der Waals surface area contributed by atoms with Gasteiger partial charge in [0, 0.05) is 5.92 Å². The summed E-state index contributed by atoms with van der Waals surface area (Å²) in [6.45, 7) is 4.43. The van der Waals surface area contributed by atoms with Gasteiger partial charge in [-0.1, -0.05) is 13.8 Å². The van der Waals surface area contributed by atoms with Gasteiger partial charge in [-0.2, -0.15) is 34.9 Å². The largest absolute Gasteiger partial charge is 1.00 e. The third kappa shape index (κ3) is 4.87. The molecule has 0 radical (unpaired) electrons. The zero-order valence-corrected chi connectivity index (χ0v) is 20.0. The second-order valence-electron chi connectivity index (χ2n) is 7.61. The summed E-state index contributed by atoms with van der Waals surface area (Å²) in [7, 11) is 0. The van der Waals surface area contributed by atoms with Crippen molar-refractivity contribution in [1.82, 2.24) is 0 Å². The van der Waals surface area contributed by atoms with Crippen LogP contribution in [0, 0.1) is 37.7 Å². The summed E-state index contributed by atoms with van der Waals surface area (Å²) >= 11 is 0. The summed E-state index contributed by atoms with van der Waals surface area (Å²) in [6, 6.07) is 7.72. The Bertz CT molecular complexity index is 509. The van der Waals surface area contributed by atoms with Crippen molar-refractivity contribution in [3.05, 3.63) is 34.9 Å². The van der Waals surface area contributed by atoms with Crippen molar-refractivity contribution < 1.29 is 63.0 Å². The molecule has 0 aromatic heterocycles. The molecule has 2 fully saturated rings. The van der Waals surface area contributed by atoms with Gasteiger partial charge >= 0.3 is 58.2 Å². The third-order valence-electron chi connectivity index (χ3n) is 6.45. The first-order chi connectivity index (χ1) is 10.7. The summed E-state index contributed by atoms with van der Waals surface area (Å²) in [4.78, 5) is 10.9. The number of rotatable bonds is 3. The molecule has 1 aromatic carbocycles. The molecule has 2 heteroatoms. The minimum atomic E-state index is 0. The standard InChI is InChI=1S/C21H29O.Rb/c1-15-4-3-5-21(16(15)2)20-12-10-19(11-13-20)18-8-6-17(14-22)7-9-18;/h3,5,14,17-20H,6-13H2,1-2H3;/q-1;+1. The molecular formula is C21H29ORb. The molecule has 0 heterocycles. The van der Waals surface area contributed by atoms with Crippen molar-refractivity contribution in [1.29, 1.82) is 0 Å². The molecule has 0 unspecified atom stereocenters. The van der Waals surface area contributed by atoms with Gasteiger partial charge in [-0.25, -0.2) is 0 Å². The molecule has 0 N–H and O–H groups in total. The second-order valence-corrected chi connectivity index (χ2v) is 7.61. The van der Waals surface area contributed by atoms with E-state index < -0.39 is 0 Å². The van der Waals surface area contributed by atoms with Crippen LogP contribution < -0.4 is 58.2 Å². The molecule has 0 bridgehead atoms.